The molecule has 0 saturated carbocycles. The largest absolute Gasteiger partial charge is 0.0584 e. The van der Waals surface area contributed by atoms with Crippen molar-refractivity contribution < 1.29 is 0 Å². The molecule has 0 saturated heterocycles. The average molecular weight is 719 g/mol. The smallest absolute Gasteiger partial charge is 0.0213 e. The van der Waals surface area contributed by atoms with Gasteiger partial charge in [-0.15, -0.1) is 0 Å². The maximum absolute atomic E-state index is 3.75. The molecule has 0 unspecified atom stereocenters. The molecule has 0 aliphatic heterocycles. The predicted octanol–water partition coefficient (Wildman–Crippen LogP) is 13.3. The third-order valence-electron chi connectivity index (χ3n) is 8.27. The van der Waals surface area contributed by atoms with Gasteiger partial charge in [-0.2, -0.15) is 0 Å². The van der Waals surface area contributed by atoms with Crippen molar-refractivity contribution in [2.24, 2.45) is 0 Å². The Labute approximate surface area is 286 Å². The van der Waals surface area contributed by atoms with E-state index < -0.39 is 0 Å². The molecular formula is C42H54Br2. The molecule has 0 fully saturated rings. The zero-order valence-corrected chi connectivity index (χ0v) is 32.4. The summed E-state index contributed by atoms with van der Waals surface area (Å²) in [6.45, 7) is 27.0. The summed E-state index contributed by atoms with van der Waals surface area (Å²) in [6.07, 6.45) is 1.94. The third kappa shape index (κ3) is 10.4. The van der Waals surface area contributed by atoms with Gasteiger partial charge in [0.15, 0.2) is 0 Å². The lowest BCUT2D eigenvalue weighted by Crippen LogP contribution is -2.11. The molecule has 0 spiro atoms. The molecule has 0 atom stereocenters. The second-order valence-electron chi connectivity index (χ2n) is 16.4. The Hall–Kier alpha value is -2.16. The minimum absolute atomic E-state index is 0.177. The molecule has 0 heterocycles. The fourth-order valence-electron chi connectivity index (χ4n) is 5.00. The van der Waals surface area contributed by atoms with Crippen molar-refractivity contribution in [1.29, 1.82) is 0 Å². The van der Waals surface area contributed by atoms with Gasteiger partial charge in [-0.3, -0.25) is 0 Å². The number of benzene rings is 4. The fourth-order valence-corrected chi connectivity index (χ4v) is 6.04. The van der Waals surface area contributed by atoms with Gasteiger partial charge in [0, 0.05) is 8.95 Å². The van der Waals surface area contributed by atoms with E-state index in [9.17, 15) is 0 Å². The van der Waals surface area contributed by atoms with Crippen LogP contribution in [0.3, 0.4) is 0 Å². The van der Waals surface area contributed by atoms with E-state index in [4.69, 9.17) is 0 Å². The van der Waals surface area contributed by atoms with Crippen molar-refractivity contribution in [3.63, 3.8) is 0 Å². The molecule has 236 valence electrons. The van der Waals surface area contributed by atoms with Crippen molar-refractivity contribution in [2.75, 3.05) is 0 Å². The summed E-state index contributed by atoms with van der Waals surface area (Å²) in [6, 6.07) is 31.6. The molecule has 4 aromatic rings. The molecule has 0 aliphatic rings. The molecule has 0 nitrogen and oxygen atoms in total. The van der Waals surface area contributed by atoms with Gasteiger partial charge in [0.1, 0.15) is 0 Å². The Kier molecular flexibility index (Phi) is 11.6. The molecule has 0 aromatic heterocycles. The van der Waals surface area contributed by atoms with Crippen LogP contribution in [0, 0.1) is 0 Å². The highest BCUT2D eigenvalue weighted by Crippen LogP contribution is 2.32. The van der Waals surface area contributed by atoms with E-state index in [1.165, 1.54) is 53.5 Å². The maximum atomic E-state index is 3.75. The highest BCUT2D eigenvalue weighted by molar-refractivity contribution is 9.10. The highest BCUT2D eigenvalue weighted by Gasteiger charge is 2.18. The van der Waals surface area contributed by atoms with Gasteiger partial charge in [-0.25, -0.2) is 0 Å². The van der Waals surface area contributed by atoms with Crippen LogP contribution in [0.1, 0.15) is 128 Å². The van der Waals surface area contributed by atoms with Gasteiger partial charge < -0.3 is 0 Å². The monoisotopic (exact) mass is 716 g/mol. The van der Waals surface area contributed by atoms with Crippen LogP contribution < -0.4 is 0 Å². The van der Waals surface area contributed by atoms with Gasteiger partial charge in [0.2, 0.25) is 0 Å². The Balaban J connectivity index is 0.000000241. The van der Waals surface area contributed by atoms with Crippen LogP contribution in [0.5, 0.6) is 0 Å². The molecule has 44 heavy (non-hydrogen) atoms. The van der Waals surface area contributed by atoms with Crippen LogP contribution >= 0.6 is 31.9 Å². The van der Waals surface area contributed by atoms with E-state index in [1.54, 1.807) is 0 Å². The van der Waals surface area contributed by atoms with Gasteiger partial charge in [0.25, 0.3) is 0 Å². The van der Waals surface area contributed by atoms with Crippen LogP contribution in [0.15, 0.2) is 93.9 Å². The first-order valence-electron chi connectivity index (χ1n) is 15.9. The number of hydrogen-bond donors (Lipinski definition) is 0. The number of hydrogen-bond acceptors (Lipinski definition) is 0. The lowest BCUT2D eigenvalue weighted by molar-refractivity contribution is 0.589. The van der Waals surface area contributed by atoms with E-state index in [0.29, 0.717) is 0 Å². The van der Waals surface area contributed by atoms with Crippen molar-refractivity contribution in [3.8, 4) is 0 Å². The molecule has 0 aliphatic carbocycles. The fraction of sp³-hybridized carbons (Fsp3) is 0.429. The molecule has 0 amide bonds. The summed E-state index contributed by atoms with van der Waals surface area (Å²) < 4.78 is 2.38. The highest BCUT2D eigenvalue weighted by atomic mass is 79.9. The van der Waals surface area contributed by atoms with Crippen LogP contribution in [0.2, 0.25) is 0 Å². The summed E-state index contributed by atoms with van der Waals surface area (Å²) >= 11 is 7.51. The molecule has 0 radical (unpaired) electrons. The van der Waals surface area contributed by atoms with Crippen LogP contribution in [-0.4, -0.2) is 0 Å². The number of rotatable bonds is 4. The van der Waals surface area contributed by atoms with Crippen LogP contribution in [0.4, 0.5) is 0 Å². The Morgan fingerprint density at radius 3 is 0.886 bits per heavy atom. The standard InChI is InChI=1S/C21H26Br2.C21H28/c1-20(2,3)16-9-7-14(18(22)12-16)11-15-8-10-17(13-19(15)23)21(4,5)6;1-20(2,3)18-11-7-16(8-12-18)15-17-9-13-19(14-10-17)21(4,5)6/h7-10,12-13H,11H2,1-6H3;7-14H,15H2,1-6H3. The van der Waals surface area contributed by atoms with Gasteiger partial charge in [-0.05, 0) is 91.1 Å². The van der Waals surface area contributed by atoms with Crippen LogP contribution in [0.25, 0.3) is 0 Å². The Morgan fingerprint density at radius 1 is 0.364 bits per heavy atom. The van der Waals surface area contributed by atoms with Gasteiger partial charge in [-0.1, -0.05) is 188 Å². The lowest BCUT2D eigenvalue weighted by Gasteiger charge is -2.21. The first-order chi connectivity index (χ1) is 20.1. The lowest BCUT2D eigenvalue weighted by atomic mass is 9.85. The summed E-state index contributed by atoms with van der Waals surface area (Å²) in [4.78, 5) is 0. The molecule has 0 N–H and O–H groups in total. The molecule has 4 rings (SSSR count). The van der Waals surface area contributed by atoms with E-state index in [-0.39, 0.29) is 21.7 Å². The van der Waals surface area contributed by atoms with E-state index in [1.807, 2.05) is 0 Å². The number of halogens is 2. The second-order valence-corrected chi connectivity index (χ2v) is 18.1. The zero-order valence-electron chi connectivity index (χ0n) is 29.3. The van der Waals surface area contributed by atoms with Crippen molar-refractivity contribution in [2.45, 2.75) is 118 Å². The molecule has 2 heteroatoms. The summed E-state index contributed by atoms with van der Waals surface area (Å²) in [5.41, 5.74) is 11.7. The first kappa shape index (κ1) is 36.3. The SMILES string of the molecule is CC(C)(C)c1ccc(Cc2ccc(C(C)(C)C)cc2)cc1.CC(C)(C)c1ccc(Cc2ccc(C(C)(C)C)cc2Br)c(Br)c1. The normalized spacial score (nSPS) is 12.5. The topological polar surface area (TPSA) is 0 Å². The van der Waals surface area contributed by atoms with Crippen molar-refractivity contribution in [1.82, 2.24) is 0 Å². The van der Waals surface area contributed by atoms with Gasteiger partial charge in [0.05, 0.1) is 0 Å². The second kappa shape index (κ2) is 14.1. The van der Waals surface area contributed by atoms with E-state index in [2.05, 4.69) is 200 Å². The van der Waals surface area contributed by atoms with E-state index in [0.717, 1.165) is 12.8 Å². The average Bonchev–Trinajstić information content (AvgIpc) is 2.89. The molecule has 4 aromatic carbocycles. The Bertz CT molecular complexity index is 1400. The minimum Gasteiger partial charge on any atom is -0.0584 e. The Morgan fingerprint density at radius 2 is 0.636 bits per heavy atom. The van der Waals surface area contributed by atoms with E-state index >= 15 is 0 Å². The molecular weight excluding hydrogens is 664 g/mol. The summed E-state index contributed by atoms with van der Waals surface area (Å²) in [5.74, 6) is 0. The predicted molar refractivity (Wildman–Crippen MR) is 202 cm³/mol. The quantitative estimate of drug-likeness (QED) is 0.197. The third-order valence-corrected chi connectivity index (χ3v) is 9.74. The maximum Gasteiger partial charge on any atom is 0.0213 e. The van der Waals surface area contributed by atoms with Crippen LogP contribution in [-0.2, 0) is 34.5 Å². The minimum atomic E-state index is 0.177. The van der Waals surface area contributed by atoms with Crippen molar-refractivity contribution in [3.05, 3.63) is 138 Å². The van der Waals surface area contributed by atoms with Gasteiger partial charge >= 0.3 is 0 Å². The summed E-state index contributed by atoms with van der Waals surface area (Å²) in [7, 11) is 0. The first-order valence-corrected chi connectivity index (χ1v) is 17.5. The molecule has 0 bridgehead atoms. The van der Waals surface area contributed by atoms with Crippen molar-refractivity contribution >= 4 is 31.9 Å². The summed E-state index contributed by atoms with van der Waals surface area (Å²) in [5, 5.41) is 0. The zero-order chi connectivity index (χ0) is 33.1.